The molecule has 3 fully saturated rings. The van der Waals surface area contributed by atoms with E-state index in [1.54, 1.807) is 0 Å². The van der Waals surface area contributed by atoms with Crippen molar-refractivity contribution in [3.8, 4) is 17.0 Å². The number of rotatable bonds is 9. The lowest BCUT2D eigenvalue weighted by Crippen LogP contribution is -2.54. The molecular weight excluding hydrogens is 679 g/mol. The van der Waals surface area contributed by atoms with Gasteiger partial charge in [0.05, 0.1) is 11.4 Å². The van der Waals surface area contributed by atoms with Crippen molar-refractivity contribution in [3.63, 3.8) is 0 Å². The third kappa shape index (κ3) is 7.19. The molecule has 4 aliphatic rings. The van der Waals surface area contributed by atoms with Crippen LogP contribution < -0.4 is 25.6 Å². The molecule has 5 aromatic rings. The molecule has 4 aliphatic heterocycles. The van der Waals surface area contributed by atoms with E-state index in [0.29, 0.717) is 37.2 Å². The molecule has 12 heteroatoms. The number of nitrogens with zero attached hydrogens (tertiary/aromatic N) is 6. The number of carbonyl (C=O) groups excluding carboxylic acids is 2. The average molecular weight is 724 g/mol. The molecule has 54 heavy (non-hydrogen) atoms. The number of fused-ring (bicyclic) bond motifs is 2. The van der Waals surface area contributed by atoms with Gasteiger partial charge in [-0.15, -0.1) is 0 Å². The number of piperidine rings is 1. The topological polar surface area (TPSA) is 128 Å². The summed E-state index contributed by atoms with van der Waals surface area (Å²) in [6.07, 6.45) is 4.73. The second-order valence-electron chi connectivity index (χ2n) is 15.0. The summed E-state index contributed by atoms with van der Waals surface area (Å²) in [7, 11) is 0. The summed E-state index contributed by atoms with van der Waals surface area (Å²) in [6.45, 7) is 12.0. The monoisotopic (exact) mass is 723 g/mol. The van der Waals surface area contributed by atoms with Gasteiger partial charge in [0, 0.05) is 100 Å². The minimum atomic E-state index is -0.234. The molecule has 0 bridgehead atoms. The van der Waals surface area contributed by atoms with E-state index < -0.39 is 0 Å². The van der Waals surface area contributed by atoms with E-state index in [0.717, 1.165) is 103 Å². The molecule has 0 saturated carbocycles. The summed E-state index contributed by atoms with van der Waals surface area (Å²) in [4.78, 5) is 45.3. The zero-order chi connectivity index (χ0) is 36.6. The SMILES string of the molecule is Cc1c(-c2ccc3cnc(Nc4ccc(CN5CC(CN6CCN(c7ccc(C8CCC(=O)NC8=O)cc7)CC6)C5)cc4)nc3c2)cnc2c1NCCO2. The molecule has 0 aliphatic carbocycles. The van der Waals surface area contributed by atoms with Crippen LogP contribution in [0, 0.1) is 12.8 Å². The number of carbonyl (C=O) groups is 2. The summed E-state index contributed by atoms with van der Waals surface area (Å²) in [5.41, 5.74) is 9.50. The van der Waals surface area contributed by atoms with Gasteiger partial charge < -0.3 is 20.3 Å². The molecular formula is C42H45N9O3. The third-order valence-electron chi connectivity index (χ3n) is 11.3. The number of amides is 2. The number of pyridine rings is 1. The van der Waals surface area contributed by atoms with Crippen LogP contribution in [-0.4, -0.2) is 95.5 Å². The van der Waals surface area contributed by atoms with Gasteiger partial charge in [-0.1, -0.05) is 36.4 Å². The first kappa shape index (κ1) is 34.2. The molecule has 3 saturated heterocycles. The molecule has 2 aromatic heterocycles. The van der Waals surface area contributed by atoms with Crippen molar-refractivity contribution in [3.05, 3.63) is 95.8 Å². The normalized spacial score (nSPS) is 19.4. The van der Waals surface area contributed by atoms with Crippen molar-refractivity contribution >= 4 is 45.7 Å². The van der Waals surface area contributed by atoms with Crippen molar-refractivity contribution in [1.82, 2.24) is 30.1 Å². The number of benzene rings is 3. The number of piperazine rings is 1. The molecule has 3 aromatic carbocycles. The second-order valence-corrected chi connectivity index (χ2v) is 15.0. The van der Waals surface area contributed by atoms with Gasteiger partial charge in [0.2, 0.25) is 23.6 Å². The molecule has 6 heterocycles. The molecule has 0 spiro atoms. The Balaban J connectivity index is 0.733. The molecule has 1 unspecified atom stereocenters. The van der Waals surface area contributed by atoms with E-state index in [1.807, 2.05) is 24.5 Å². The van der Waals surface area contributed by atoms with Crippen LogP contribution in [0.25, 0.3) is 22.0 Å². The zero-order valence-corrected chi connectivity index (χ0v) is 30.6. The molecule has 3 N–H and O–H groups in total. The Kier molecular flexibility index (Phi) is 9.29. The molecule has 0 radical (unpaired) electrons. The van der Waals surface area contributed by atoms with Gasteiger partial charge in [-0.05, 0) is 71.8 Å². The van der Waals surface area contributed by atoms with Crippen molar-refractivity contribution in [2.24, 2.45) is 5.92 Å². The Morgan fingerprint density at radius 1 is 0.907 bits per heavy atom. The first-order valence-electron chi connectivity index (χ1n) is 19.0. The minimum absolute atomic E-state index is 0.173. The molecule has 9 rings (SSSR count). The van der Waals surface area contributed by atoms with Crippen LogP contribution in [-0.2, 0) is 16.1 Å². The predicted molar refractivity (Wildman–Crippen MR) is 210 cm³/mol. The summed E-state index contributed by atoms with van der Waals surface area (Å²) in [5, 5.41) is 10.3. The Morgan fingerprint density at radius 2 is 1.72 bits per heavy atom. The summed E-state index contributed by atoms with van der Waals surface area (Å²) >= 11 is 0. The molecule has 12 nitrogen and oxygen atoms in total. The van der Waals surface area contributed by atoms with Crippen molar-refractivity contribution in [2.45, 2.75) is 32.2 Å². The number of imide groups is 1. The molecule has 2 amide bonds. The van der Waals surface area contributed by atoms with E-state index in [-0.39, 0.29) is 17.7 Å². The van der Waals surface area contributed by atoms with Crippen LogP contribution in [0.15, 0.2) is 79.1 Å². The number of anilines is 4. The van der Waals surface area contributed by atoms with Gasteiger partial charge in [0.25, 0.3) is 0 Å². The Hall–Kier alpha value is -5.59. The summed E-state index contributed by atoms with van der Waals surface area (Å²) < 4.78 is 5.71. The third-order valence-corrected chi connectivity index (χ3v) is 11.3. The van der Waals surface area contributed by atoms with Crippen molar-refractivity contribution < 1.29 is 14.3 Å². The van der Waals surface area contributed by atoms with Gasteiger partial charge in [-0.3, -0.25) is 24.7 Å². The number of hydrogen-bond acceptors (Lipinski definition) is 11. The number of hydrogen-bond donors (Lipinski definition) is 3. The van der Waals surface area contributed by atoms with Crippen molar-refractivity contribution in [2.75, 3.05) is 74.5 Å². The Morgan fingerprint density at radius 3 is 2.52 bits per heavy atom. The van der Waals surface area contributed by atoms with Crippen LogP contribution in [0.1, 0.15) is 35.4 Å². The van der Waals surface area contributed by atoms with E-state index in [4.69, 9.17) is 9.72 Å². The standard InChI is InChI=1S/C42H45N9O3/c1-27-36(22-44-41-39(27)43-14-19-54-41)31-4-5-32-21-45-42(47-37(32)20-31)46-33-8-2-28(3-9-33)23-50-25-29(26-50)24-49-15-17-51(18-16-49)34-10-6-30(7-11-34)35-12-13-38(52)48-40(35)53/h2-11,20-22,29,35,43H,12-19,23-26H2,1H3,(H,45,46,47)(H,48,52,53). The second kappa shape index (κ2) is 14.7. The fraction of sp³-hybridized carbons (Fsp3) is 0.357. The maximum atomic E-state index is 12.3. The van der Waals surface area contributed by atoms with Crippen LogP contribution >= 0.6 is 0 Å². The molecule has 276 valence electrons. The Labute approximate surface area is 314 Å². The first-order chi connectivity index (χ1) is 26.4. The fourth-order valence-electron chi connectivity index (χ4n) is 8.25. The average Bonchev–Trinajstić information content (AvgIpc) is 3.18. The lowest BCUT2D eigenvalue weighted by atomic mass is 9.90. The van der Waals surface area contributed by atoms with Crippen LogP contribution in [0.3, 0.4) is 0 Å². The highest BCUT2D eigenvalue weighted by molar-refractivity contribution is 6.01. The van der Waals surface area contributed by atoms with Crippen LogP contribution in [0.4, 0.5) is 23.0 Å². The quantitative estimate of drug-likeness (QED) is 0.171. The Bertz CT molecular complexity index is 2180. The maximum absolute atomic E-state index is 12.3. The van der Waals surface area contributed by atoms with Gasteiger partial charge >= 0.3 is 0 Å². The van der Waals surface area contributed by atoms with Crippen LogP contribution in [0.5, 0.6) is 5.88 Å². The maximum Gasteiger partial charge on any atom is 0.237 e. The number of nitrogens with one attached hydrogen (secondary N) is 3. The highest BCUT2D eigenvalue weighted by atomic mass is 16.5. The highest BCUT2D eigenvalue weighted by Gasteiger charge is 2.30. The van der Waals surface area contributed by atoms with Gasteiger partial charge in [-0.2, -0.15) is 0 Å². The van der Waals surface area contributed by atoms with Crippen molar-refractivity contribution in [1.29, 1.82) is 0 Å². The first-order valence-corrected chi connectivity index (χ1v) is 19.0. The van der Waals surface area contributed by atoms with Crippen LogP contribution in [0.2, 0.25) is 0 Å². The number of likely N-dealkylation sites (tertiary alicyclic amines) is 1. The summed E-state index contributed by atoms with van der Waals surface area (Å²) in [5.74, 6) is 1.34. The van der Waals surface area contributed by atoms with E-state index in [2.05, 4.69) is 102 Å². The van der Waals surface area contributed by atoms with Gasteiger partial charge in [0.1, 0.15) is 12.3 Å². The van der Waals surface area contributed by atoms with Gasteiger partial charge in [0.15, 0.2) is 0 Å². The largest absolute Gasteiger partial charge is 0.474 e. The predicted octanol–water partition coefficient (Wildman–Crippen LogP) is 5.32. The number of ether oxygens (including phenoxy) is 1. The van der Waals surface area contributed by atoms with Gasteiger partial charge in [-0.25, -0.2) is 15.0 Å². The number of aromatic nitrogens is 3. The minimum Gasteiger partial charge on any atom is -0.474 e. The zero-order valence-electron chi connectivity index (χ0n) is 30.6. The fourth-order valence-corrected chi connectivity index (χ4v) is 8.25. The lowest BCUT2D eigenvalue weighted by Gasteiger charge is -2.44. The van der Waals surface area contributed by atoms with E-state index in [1.165, 1.54) is 11.3 Å². The highest BCUT2D eigenvalue weighted by Crippen LogP contribution is 2.36. The smallest absolute Gasteiger partial charge is 0.237 e. The van der Waals surface area contributed by atoms with E-state index >= 15 is 0 Å². The lowest BCUT2D eigenvalue weighted by molar-refractivity contribution is -0.134. The van der Waals surface area contributed by atoms with E-state index in [9.17, 15) is 9.59 Å². The summed E-state index contributed by atoms with van der Waals surface area (Å²) in [6, 6.07) is 23.2. The molecule has 1 atom stereocenters.